The number of halogens is 2. The Labute approximate surface area is 163 Å². The summed E-state index contributed by atoms with van der Waals surface area (Å²) in [5.74, 6) is -0.668. The third kappa shape index (κ3) is 3.51. The summed E-state index contributed by atoms with van der Waals surface area (Å²) < 4.78 is 5.91. The number of nitrogens with one attached hydrogen (secondary N) is 1. The predicted molar refractivity (Wildman–Crippen MR) is 101 cm³/mol. The minimum Gasteiger partial charge on any atom is -0.467 e. The van der Waals surface area contributed by atoms with Gasteiger partial charge in [0.2, 0.25) is 0 Å². The second kappa shape index (κ2) is 7.38. The first-order chi connectivity index (χ1) is 12.9. The number of esters is 1. The SMILES string of the molecule is COC(=O)C(Cl)(c1ccc(Cl)cc1)c1ccc(-n2ncc(=O)[nH]c2=O)cc1. The van der Waals surface area contributed by atoms with E-state index >= 15 is 0 Å². The Hall–Kier alpha value is -2.90. The number of H-pyrrole nitrogens is 1. The first kappa shape index (κ1) is 18.9. The summed E-state index contributed by atoms with van der Waals surface area (Å²) in [6, 6.07) is 12.8. The molecule has 0 saturated carbocycles. The summed E-state index contributed by atoms with van der Waals surface area (Å²) in [7, 11) is 1.24. The fraction of sp³-hybridized carbons (Fsp3) is 0.111. The maximum atomic E-state index is 12.5. The number of hydrogen-bond donors (Lipinski definition) is 1. The van der Waals surface area contributed by atoms with Gasteiger partial charge in [-0.3, -0.25) is 9.78 Å². The Morgan fingerprint density at radius 1 is 1.07 bits per heavy atom. The van der Waals surface area contributed by atoms with Gasteiger partial charge in [-0.2, -0.15) is 9.78 Å². The molecule has 1 atom stereocenters. The first-order valence-electron chi connectivity index (χ1n) is 7.69. The number of aromatic nitrogens is 3. The second-order valence-electron chi connectivity index (χ2n) is 5.55. The lowest BCUT2D eigenvalue weighted by Crippen LogP contribution is -2.33. The standard InChI is InChI=1S/C18H13Cl2N3O4/c1-27-16(25)18(20,11-2-6-13(19)7-3-11)12-4-8-14(9-5-12)23-17(26)22-15(24)10-21-23/h2-10H,1H3,(H,22,24,26). The Morgan fingerprint density at radius 2 is 1.63 bits per heavy atom. The van der Waals surface area contributed by atoms with Gasteiger partial charge in [-0.05, 0) is 35.4 Å². The van der Waals surface area contributed by atoms with Crippen LogP contribution in [0.1, 0.15) is 11.1 Å². The highest BCUT2D eigenvalue weighted by atomic mass is 35.5. The van der Waals surface area contributed by atoms with Crippen molar-refractivity contribution in [1.29, 1.82) is 0 Å². The highest BCUT2D eigenvalue weighted by Gasteiger charge is 2.41. The van der Waals surface area contributed by atoms with Crippen LogP contribution in [-0.4, -0.2) is 27.8 Å². The van der Waals surface area contributed by atoms with E-state index in [4.69, 9.17) is 27.9 Å². The maximum absolute atomic E-state index is 12.5. The molecule has 138 valence electrons. The summed E-state index contributed by atoms with van der Waals surface area (Å²) in [5.41, 5.74) is 0.0196. The quantitative estimate of drug-likeness (QED) is 0.530. The summed E-state index contributed by atoms with van der Waals surface area (Å²) in [6.07, 6.45) is 0.989. The number of ether oxygens (including phenoxy) is 1. The second-order valence-corrected chi connectivity index (χ2v) is 6.56. The Morgan fingerprint density at radius 3 is 2.15 bits per heavy atom. The fourth-order valence-electron chi connectivity index (χ4n) is 2.59. The van der Waals surface area contributed by atoms with Crippen molar-refractivity contribution < 1.29 is 9.53 Å². The smallest absolute Gasteiger partial charge is 0.349 e. The summed E-state index contributed by atoms with van der Waals surface area (Å²) in [4.78, 5) is 36.0. The molecule has 7 nitrogen and oxygen atoms in total. The Bertz CT molecular complexity index is 1090. The number of hydrogen-bond acceptors (Lipinski definition) is 5. The molecule has 1 unspecified atom stereocenters. The molecule has 2 aromatic carbocycles. The number of methoxy groups -OCH3 is 1. The summed E-state index contributed by atoms with van der Waals surface area (Å²) in [6.45, 7) is 0. The molecule has 0 spiro atoms. The minimum absolute atomic E-state index is 0.389. The van der Waals surface area contributed by atoms with Gasteiger partial charge in [0.05, 0.1) is 12.8 Å². The topological polar surface area (TPSA) is 94.1 Å². The molecule has 0 aliphatic heterocycles. The normalized spacial score (nSPS) is 13.0. The highest BCUT2D eigenvalue weighted by molar-refractivity contribution is 6.36. The molecule has 9 heteroatoms. The van der Waals surface area contributed by atoms with E-state index in [0.717, 1.165) is 10.9 Å². The number of benzene rings is 2. The van der Waals surface area contributed by atoms with Crippen molar-refractivity contribution in [3.8, 4) is 5.69 Å². The van der Waals surface area contributed by atoms with E-state index in [-0.39, 0.29) is 0 Å². The average Bonchev–Trinajstić information content (AvgIpc) is 2.67. The van der Waals surface area contributed by atoms with Crippen molar-refractivity contribution >= 4 is 29.2 Å². The van der Waals surface area contributed by atoms with Gasteiger partial charge in [0.1, 0.15) is 6.20 Å². The van der Waals surface area contributed by atoms with Gasteiger partial charge in [-0.15, -0.1) is 0 Å². The molecule has 0 amide bonds. The number of rotatable bonds is 4. The molecular weight excluding hydrogens is 393 g/mol. The molecule has 1 N–H and O–H groups in total. The first-order valence-corrected chi connectivity index (χ1v) is 8.45. The molecule has 3 aromatic rings. The molecule has 1 aromatic heterocycles. The van der Waals surface area contributed by atoms with E-state index in [2.05, 4.69) is 10.1 Å². The molecule has 0 saturated heterocycles. The zero-order valence-corrected chi connectivity index (χ0v) is 15.5. The molecule has 0 fully saturated rings. The Balaban J connectivity index is 2.09. The van der Waals surface area contributed by atoms with Gasteiger partial charge in [-0.1, -0.05) is 47.5 Å². The van der Waals surface area contributed by atoms with Crippen LogP contribution in [0.5, 0.6) is 0 Å². The Kier molecular flexibility index (Phi) is 5.16. The van der Waals surface area contributed by atoms with Gasteiger partial charge in [-0.25, -0.2) is 9.59 Å². The van der Waals surface area contributed by atoms with Crippen molar-refractivity contribution in [2.24, 2.45) is 0 Å². The van der Waals surface area contributed by atoms with E-state index < -0.39 is 22.1 Å². The van der Waals surface area contributed by atoms with Crippen molar-refractivity contribution in [3.05, 3.63) is 91.7 Å². The van der Waals surface area contributed by atoms with Gasteiger partial charge in [0.15, 0.2) is 4.87 Å². The molecule has 0 aliphatic rings. The van der Waals surface area contributed by atoms with Crippen LogP contribution in [0.25, 0.3) is 5.69 Å². The van der Waals surface area contributed by atoms with Crippen molar-refractivity contribution in [2.45, 2.75) is 4.87 Å². The molecular formula is C18H13Cl2N3O4. The van der Waals surface area contributed by atoms with Gasteiger partial charge in [0.25, 0.3) is 5.56 Å². The van der Waals surface area contributed by atoms with Crippen LogP contribution in [0.4, 0.5) is 0 Å². The molecule has 0 radical (unpaired) electrons. The van der Waals surface area contributed by atoms with Crippen LogP contribution in [-0.2, 0) is 14.4 Å². The molecule has 0 aliphatic carbocycles. The lowest BCUT2D eigenvalue weighted by molar-refractivity contribution is -0.142. The van der Waals surface area contributed by atoms with Gasteiger partial charge in [0, 0.05) is 5.02 Å². The van der Waals surface area contributed by atoms with Gasteiger partial charge >= 0.3 is 11.7 Å². The van der Waals surface area contributed by atoms with E-state index in [1.54, 1.807) is 48.5 Å². The lowest BCUT2D eigenvalue weighted by atomic mass is 9.90. The van der Waals surface area contributed by atoms with Crippen molar-refractivity contribution in [3.63, 3.8) is 0 Å². The number of aromatic amines is 1. The third-order valence-corrected chi connectivity index (χ3v) is 4.77. The van der Waals surface area contributed by atoms with Crippen LogP contribution >= 0.6 is 23.2 Å². The zero-order chi connectivity index (χ0) is 19.6. The molecule has 0 bridgehead atoms. The van der Waals surface area contributed by atoms with Crippen LogP contribution in [0, 0.1) is 0 Å². The van der Waals surface area contributed by atoms with Gasteiger partial charge < -0.3 is 4.74 Å². The largest absolute Gasteiger partial charge is 0.467 e. The summed E-state index contributed by atoms with van der Waals surface area (Å²) >= 11 is 12.6. The molecule has 1 heterocycles. The van der Waals surface area contributed by atoms with Crippen LogP contribution < -0.4 is 11.2 Å². The van der Waals surface area contributed by atoms with Crippen LogP contribution in [0.3, 0.4) is 0 Å². The average molecular weight is 406 g/mol. The highest BCUT2D eigenvalue weighted by Crippen LogP contribution is 2.38. The number of alkyl halides is 1. The van der Waals surface area contributed by atoms with E-state index in [1.165, 1.54) is 7.11 Å². The predicted octanol–water partition coefficient (Wildman–Crippen LogP) is 2.23. The number of nitrogens with zero attached hydrogens (tertiary/aromatic N) is 2. The van der Waals surface area contributed by atoms with E-state index in [9.17, 15) is 14.4 Å². The van der Waals surface area contributed by atoms with Crippen molar-refractivity contribution in [1.82, 2.24) is 14.8 Å². The van der Waals surface area contributed by atoms with Crippen molar-refractivity contribution in [2.75, 3.05) is 7.11 Å². The monoisotopic (exact) mass is 405 g/mol. The molecule has 3 rings (SSSR count). The molecule has 27 heavy (non-hydrogen) atoms. The lowest BCUT2D eigenvalue weighted by Gasteiger charge is -2.25. The van der Waals surface area contributed by atoms with Crippen LogP contribution in [0.15, 0.2) is 64.3 Å². The number of carbonyl (C=O) groups excluding carboxylic acids is 1. The van der Waals surface area contributed by atoms with E-state index in [0.29, 0.717) is 21.8 Å². The zero-order valence-electron chi connectivity index (χ0n) is 14.0. The number of carbonyl (C=O) groups is 1. The summed E-state index contributed by atoms with van der Waals surface area (Å²) in [5, 5.41) is 4.28. The van der Waals surface area contributed by atoms with E-state index in [1.807, 2.05) is 0 Å². The maximum Gasteiger partial charge on any atom is 0.349 e. The minimum atomic E-state index is -1.60. The third-order valence-electron chi connectivity index (χ3n) is 3.93. The fourth-order valence-corrected chi connectivity index (χ4v) is 3.05. The van der Waals surface area contributed by atoms with Crippen LogP contribution in [0.2, 0.25) is 5.02 Å².